The quantitative estimate of drug-likeness (QED) is 0.776. The molecule has 1 heterocycles. The second kappa shape index (κ2) is 5.81. The van der Waals surface area contributed by atoms with Crippen LogP contribution in [-0.2, 0) is 6.61 Å². The predicted molar refractivity (Wildman–Crippen MR) is 83.6 cm³/mol. The van der Waals surface area contributed by atoms with Gasteiger partial charge in [-0.25, -0.2) is 0 Å². The molecule has 0 aliphatic rings. The standard InChI is InChI=1S/C17H15NO4/c1-21-12-7-8-13-14(9-12)18-17(20)16(15(13)19)22-10-11-5-3-2-4-6-11/h2-9H,10H2,1H3,(H2,18,19,20). The van der Waals surface area contributed by atoms with Crippen LogP contribution in [0, 0.1) is 0 Å². The molecule has 2 N–H and O–H groups in total. The highest BCUT2D eigenvalue weighted by atomic mass is 16.5. The summed E-state index contributed by atoms with van der Waals surface area (Å²) in [5.74, 6) is 0.347. The maximum absolute atomic E-state index is 12.1. The summed E-state index contributed by atoms with van der Waals surface area (Å²) in [6, 6.07) is 14.5. The summed E-state index contributed by atoms with van der Waals surface area (Å²) in [4.78, 5) is 14.8. The number of hydrogen-bond donors (Lipinski definition) is 2. The minimum Gasteiger partial charge on any atom is -0.504 e. The number of pyridine rings is 1. The second-order valence-electron chi connectivity index (χ2n) is 4.82. The zero-order valence-electron chi connectivity index (χ0n) is 12.0. The lowest BCUT2D eigenvalue weighted by Gasteiger charge is -2.10. The Morgan fingerprint density at radius 2 is 1.91 bits per heavy atom. The van der Waals surface area contributed by atoms with Crippen molar-refractivity contribution in [2.75, 3.05) is 7.11 Å². The van der Waals surface area contributed by atoms with Gasteiger partial charge in [-0.3, -0.25) is 4.79 Å². The largest absolute Gasteiger partial charge is 0.504 e. The summed E-state index contributed by atoms with van der Waals surface area (Å²) in [5.41, 5.74) is 0.930. The molecule has 1 aromatic heterocycles. The molecule has 0 amide bonds. The summed E-state index contributed by atoms with van der Waals surface area (Å²) in [6.07, 6.45) is 0. The first kappa shape index (κ1) is 14.0. The fourth-order valence-corrected chi connectivity index (χ4v) is 2.23. The van der Waals surface area contributed by atoms with Crippen LogP contribution in [0.3, 0.4) is 0 Å². The SMILES string of the molecule is COc1ccc2c(O)c(OCc3ccccc3)c(=O)[nH]c2c1. The minimum atomic E-state index is -0.478. The third-order valence-corrected chi connectivity index (χ3v) is 3.38. The number of hydrogen-bond acceptors (Lipinski definition) is 4. The molecule has 112 valence electrons. The van der Waals surface area contributed by atoms with E-state index in [9.17, 15) is 9.90 Å². The number of methoxy groups -OCH3 is 1. The van der Waals surface area contributed by atoms with E-state index in [1.807, 2.05) is 30.3 Å². The molecule has 0 unspecified atom stereocenters. The van der Waals surface area contributed by atoms with E-state index in [0.717, 1.165) is 5.56 Å². The molecule has 2 aromatic carbocycles. The van der Waals surface area contributed by atoms with Gasteiger partial charge < -0.3 is 19.6 Å². The third kappa shape index (κ3) is 2.61. The molecule has 0 saturated carbocycles. The first-order chi connectivity index (χ1) is 10.7. The highest BCUT2D eigenvalue weighted by Crippen LogP contribution is 2.32. The lowest BCUT2D eigenvalue weighted by atomic mass is 10.2. The average Bonchev–Trinajstić information content (AvgIpc) is 2.55. The zero-order chi connectivity index (χ0) is 15.5. The fraction of sp³-hybridized carbons (Fsp3) is 0.118. The van der Waals surface area contributed by atoms with Crippen molar-refractivity contribution in [1.29, 1.82) is 0 Å². The van der Waals surface area contributed by atoms with Gasteiger partial charge in [0.15, 0.2) is 5.75 Å². The Morgan fingerprint density at radius 1 is 1.14 bits per heavy atom. The molecule has 0 aliphatic carbocycles. The Kier molecular flexibility index (Phi) is 3.70. The predicted octanol–water partition coefficient (Wildman–Crippen LogP) is 2.82. The number of benzene rings is 2. The Balaban J connectivity index is 1.98. The van der Waals surface area contributed by atoms with Crippen LogP contribution in [0.1, 0.15) is 5.56 Å². The minimum absolute atomic E-state index is 0.0819. The molecule has 3 rings (SSSR count). The number of H-pyrrole nitrogens is 1. The van der Waals surface area contributed by atoms with Gasteiger partial charge in [-0.2, -0.15) is 0 Å². The number of fused-ring (bicyclic) bond motifs is 1. The molecule has 3 aromatic rings. The molecule has 0 spiro atoms. The van der Waals surface area contributed by atoms with E-state index in [1.54, 1.807) is 18.2 Å². The van der Waals surface area contributed by atoms with Gasteiger partial charge in [0.05, 0.1) is 12.6 Å². The topological polar surface area (TPSA) is 71.5 Å². The van der Waals surface area contributed by atoms with Crippen molar-refractivity contribution in [1.82, 2.24) is 4.98 Å². The number of aromatic hydroxyl groups is 1. The van der Waals surface area contributed by atoms with Gasteiger partial charge in [-0.1, -0.05) is 30.3 Å². The average molecular weight is 297 g/mol. The maximum Gasteiger partial charge on any atom is 0.294 e. The summed E-state index contributed by atoms with van der Waals surface area (Å²) >= 11 is 0. The summed E-state index contributed by atoms with van der Waals surface area (Å²) in [5, 5.41) is 10.8. The number of ether oxygens (including phenoxy) is 2. The first-order valence-corrected chi connectivity index (χ1v) is 6.79. The lowest BCUT2D eigenvalue weighted by molar-refractivity contribution is 0.286. The van der Waals surface area contributed by atoms with E-state index >= 15 is 0 Å². The Morgan fingerprint density at radius 3 is 2.64 bits per heavy atom. The van der Waals surface area contributed by atoms with E-state index in [0.29, 0.717) is 16.7 Å². The monoisotopic (exact) mass is 297 g/mol. The fourth-order valence-electron chi connectivity index (χ4n) is 2.23. The third-order valence-electron chi connectivity index (χ3n) is 3.38. The van der Waals surface area contributed by atoms with E-state index in [1.165, 1.54) is 7.11 Å². The van der Waals surface area contributed by atoms with Crippen LogP contribution in [0.2, 0.25) is 0 Å². The van der Waals surface area contributed by atoms with E-state index in [2.05, 4.69) is 4.98 Å². The second-order valence-corrected chi connectivity index (χ2v) is 4.82. The Hall–Kier alpha value is -2.95. The van der Waals surface area contributed by atoms with E-state index in [4.69, 9.17) is 9.47 Å². The summed E-state index contributed by atoms with van der Waals surface area (Å²) in [6.45, 7) is 0.207. The Labute approximate surface area is 126 Å². The number of aromatic amines is 1. The highest BCUT2D eigenvalue weighted by molar-refractivity contribution is 5.87. The van der Waals surface area contributed by atoms with Gasteiger partial charge in [0.25, 0.3) is 5.56 Å². The zero-order valence-corrected chi connectivity index (χ0v) is 12.0. The van der Waals surface area contributed by atoms with Crippen LogP contribution >= 0.6 is 0 Å². The van der Waals surface area contributed by atoms with Crippen LogP contribution in [0.25, 0.3) is 10.9 Å². The molecule has 0 aliphatic heterocycles. The van der Waals surface area contributed by atoms with Crippen molar-refractivity contribution >= 4 is 10.9 Å². The van der Waals surface area contributed by atoms with E-state index < -0.39 is 5.56 Å². The lowest BCUT2D eigenvalue weighted by Crippen LogP contribution is -2.11. The van der Waals surface area contributed by atoms with Gasteiger partial charge in [-0.05, 0) is 17.7 Å². The molecule has 22 heavy (non-hydrogen) atoms. The molecular formula is C17H15NO4. The smallest absolute Gasteiger partial charge is 0.294 e. The van der Waals surface area contributed by atoms with Crippen LogP contribution in [-0.4, -0.2) is 17.2 Å². The summed E-state index contributed by atoms with van der Waals surface area (Å²) in [7, 11) is 1.54. The molecule has 0 fully saturated rings. The molecular weight excluding hydrogens is 282 g/mol. The maximum atomic E-state index is 12.1. The van der Waals surface area contributed by atoms with Crippen molar-refractivity contribution < 1.29 is 14.6 Å². The summed E-state index contributed by atoms with van der Waals surface area (Å²) < 4.78 is 10.6. The van der Waals surface area contributed by atoms with Crippen LogP contribution in [0.15, 0.2) is 53.3 Å². The number of rotatable bonds is 4. The van der Waals surface area contributed by atoms with Crippen molar-refractivity contribution in [2.45, 2.75) is 6.61 Å². The normalized spacial score (nSPS) is 10.6. The van der Waals surface area contributed by atoms with Crippen LogP contribution < -0.4 is 15.0 Å². The molecule has 0 atom stereocenters. The highest BCUT2D eigenvalue weighted by Gasteiger charge is 2.14. The van der Waals surface area contributed by atoms with Crippen molar-refractivity contribution in [3.8, 4) is 17.2 Å². The van der Waals surface area contributed by atoms with Gasteiger partial charge in [-0.15, -0.1) is 0 Å². The molecule has 0 radical (unpaired) electrons. The number of nitrogens with one attached hydrogen (secondary N) is 1. The van der Waals surface area contributed by atoms with Gasteiger partial charge in [0, 0.05) is 11.5 Å². The molecule has 0 bridgehead atoms. The van der Waals surface area contributed by atoms with Crippen molar-refractivity contribution in [2.24, 2.45) is 0 Å². The molecule has 5 heteroatoms. The van der Waals surface area contributed by atoms with Crippen molar-refractivity contribution in [3.63, 3.8) is 0 Å². The first-order valence-electron chi connectivity index (χ1n) is 6.79. The van der Waals surface area contributed by atoms with Crippen LogP contribution in [0.5, 0.6) is 17.2 Å². The van der Waals surface area contributed by atoms with Crippen molar-refractivity contribution in [3.05, 3.63) is 64.4 Å². The van der Waals surface area contributed by atoms with Gasteiger partial charge in [0.2, 0.25) is 5.75 Å². The van der Waals surface area contributed by atoms with E-state index in [-0.39, 0.29) is 18.1 Å². The molecule has 0 saturated heterocycles. The van der Waals surface area contributed by atoms with Gasteiger partial charge in [0.1, 0.15) is 12.4 Å². The van der Waals surface area contributed by atoms with Crippen LogP contribution in [0.4, 0.5) is 0 Å². The number of aromatic nitrogens is 1. The Bertz CT molecular complexity index is 856. The van der Waals surface area contributed by atoms with Gasteiger partial charge >= 0.3 is 0 Å². The molecule has 5 nitrogen and oxygen atoms in total.